The molecule has 2 amide bonds. The summed E-state index contributed by atoms with van der Waals surface area (Å²) in [6.07, 6.45) is 0.793. The predicted octanol–water partition coefficient (Wildman–Crippen LogP) is 1.66. The molecule has 3 atom stereocenters. The zero-order valence-electron chi connectivity index (χ0n) is 21.3. The summed E-state index contributed by atoms with van der Waals surface area (Å²) in [6, 6.07) is -0.830. The maximum atomic E-state index is 13.4. The topological polar surface area (TPSA) is 155 Å². The quantitative estimate of drug-likeness (QED) is 0.115. The number of amides is 2. The van der Waals surface area contributed by atoms with Crippen LogP contribution in [0.5, 0.6) is 0 Å². The smallest absolute Gasteiger partial charge is 0.314 e. The molecule has 0 bridgehead atoms. The molecule has 4 heterocycles. The Balaban J connectivity index is 1.50. The molecule has 4 rings (SSSR count). The highest BCUT2D eigenvalue weighted by atomic mass is 32.2. The summed E-state index contributed by atoms with van der Waals surface area (Å²) in [5.41, 5.74) is 6.56. The number of nitrogen functional groups attached to an aromatic ring is 1. The number of ether oxygens (including phenoxy) is 3. The first-order valence-electron chi connectivity index (χ1n) is 11.8. The lowest BCUT2D eigenvalue weighted by atomic mass is 9.94. The fourth-order valence-electron chi connectivity index (χ4n) is 4.08. The highest BCUT2D eigenvalue weighted by Crippen LogP contribution is 2.44. The number of esters is 1. The summed E-state index contributed by atoms with van der Waals surface area (Å²) in [7, 11) is 1.31. The van der Waals surface area contributed by atoms with Gasteiger partial charge in [-0.15, -0.1) is 23.1 Å². The number of hydrogen-bond donors (Lipinski definition) is 2. The van der Waals surface area contributed by atoms with Gasteiger partial charge >= 0.3 is 5.97 Å². The van der Waals surface area contributed by atoms with Crippen LogP contribution in [0.1, 0.15) is 32.9 Å². The van der Waals surface area contributed by atoms with E-state index < -0.39 is 28.7 Å². The molecule has 0 radical (unpaired) electrons. The number of carbonyl (C=O) groups excluding carboxylic acids is 3. The predicted molar refractivity (Wildman–Crippen MR) is 145 cm³/mol. The van der Waals surface area contributed by atoms with Gasteiger partial charge in [-0.05, 0) is 45.0 Å². The maximum absolute atomic E-state index is 13.4. The van der Waals surface area contributed by atoms with Gasteiger partial charge in [-0.25, -0.2) is 4.98 Å². The Morgan fingerprint density at radius 3 is 2.74 bits per heavy atom. The van der Waals surface area contributed by atoms with E-state index in [4.69, 9.17) is 37.0 Å². The van der Waals surface area contributed by atoms with Crippen LogP contribution in [0.4, 0.5) is 5.13 Å². The molecule has 3 aliphatic heterocycles. The second-order valence-corrected chi connectivity index (χ2v) is 12.1. The largest absolute Gasteiger partial charge is 0.445 e. The van der Waals surface area contributed by atoms with E-state index in [1.54, 1.807) is 26.2 Å². The van der Waals surface area contributed by atoms with Gasteiger partial charge in [0.25, 0.3) is 11.8 Å². The molecule has 1 aromatic rings. The van der Waals surface area contributed by atoms with Gasteiger partial charge in [0.2, 0.25) is 11.8 Å². The number of oxime groups is 1. The second-order valence-electron chi connectivity index (χ2n) is 9.72. The number of anilines is 1. The highest BCUT2D eigenvalue weighted by molar-refractivity contribution is 8.00. The minimum Gasteiger partial charge on any atom is -0.445 e. The number of thiazole rings is 1. The lowest BCUT2D eigenvalue weighted by Gasteiger charge is -2.50. The molecule has 3 aliphatic rings. The first-order chi connectivity index (χ1) is 18.0. The van der Waals surface area contributed by atoms with Gasteiger partial charge in [-0.1, -0.05) is 5.16 Å². The first-order valence-corrected chi connectivity index (χ1v) is 14.1. The third kappa shape index (κ3) is 5.80. The van der Waals surface area contributed by atoms with Crippen LogP contribution in [-0.2, 0) is 33.4 Å². The van der Waals surface area contributed by atoms with Gasteiger partial charge in [-0.2, -0.15) is 0 Å². The lowest BCUT2D eigenvalue weighted by Crippen LogP contribution is -2.71. The van der Waals surface area contributed by atoms with Crippen LogP contribution in [0.25, 0.3) is 0 Å². The molecule has 206 valence electrons. The first kappa shape index (κ1) is 28.3. The maximum Gasteiger partial charge on any atom is 0.314 e. The van der Waals surface area contributed by atoms with Crippen LogP contribution in [0.2, 0.25) is 0 Å². The SMILES string of the molecule is CO/N=C(\C(=O)NC1C(=O)N2C(C(=S)OCOC(=O)C(C)(C)C)=C(C3CCOC3)CS[C@H]12)c1csc(N)n1. The Morgan fingerprint density at radius 2 is 2.13 bits per heavy atom. The summed E-state index contributed by atoms with van der Waals surface area (Å²) < 4.78 is 16.4. The van der Waals surface area contributed by atoms with Gasteiger partial charge in [0.05, 0.1) is 17.7 Å². The van der Waals surface area contributed by atoms with Crippen molar-refractivity contribution >= 4 is 69.0 Å². The van der Waals surface area contributed by atoms with Crippen LogP contribution in [0.15, 0.2) is 21.8 Å². The number of aromatic nitrogens is 1. The standard InChI is InChI=1S/C23H29N5O7S3/c1-23(2,3)21(31)35-10-34-20(36)16-12(11-5-6-33-7-11)8-37-19-15(18(30)28(16)19)26-17(29)14(27-32-4)13-9-38-22(24)25-13/h9,11,15,19H,5-8,10H2,1-4H3,(H2,24,25)(H,26,29)/b27-14-/t11?,15?,19-/m1/s1. The molecule has 2 unspecified atom stereocenters. The number of carbonyl (C=O) groups is 3. The van der Waals surface area contributed by atoms with Crippen molar-refractivity contribution in [2.75, 3.05) is 38.6 Å². The normalized spacial score (nSPS) is 23.5. The van der Waals surface area contributed by atoms with E-state index in [-0.39, 0.29) is 40.2 Å². The van der Waals surface area contributed by atoms with Crippen LogP contribution in [-0.4, -0.2) is 82.7 Å². The van der Waals surface area contributed by atoms with E-state index in [0.717, 1.165) is 23.3 Å². The van der Waals surface area contributed by atoms with E-state index in [2.05, 4.69) is 15.5 Å². The Labute approximate surface area is 233 Å². The third-order valence-electron chi connectivity index (χ3n) is 6.05. The Bertz CT molecular complexity index is 1190. The number of nitrogens with one attached hydrogen (secondary N) is 1. The Kier molecular flexibility index (Phi) is 8.59. The number of β-lactam (4-membered cyclic amide) rings is 1. The summed E-state index contributed by atoms with van der Waals surface area (Å²) >= 11 is 8.23. The van der Waals surface area contributed by atoms with Gasteiger partial charge in [0, 0.05) is 23.7 Å². The number of thiocarbonyl (C=S) groups is 1. The fourth-order valence-corrected chi connectivity index (χ4v) is 6.36. The van der Waals surface area contributed by atoms with Crippen molar-refractivity contribution in [2.24, 2.45) is 16.5 Å². The number of nitrogens with two attached hydrogens (primary N) is 1. The van der Waals surface area contributed by atoms with Crippen LogP contribution in [0, 0.1) is 11.3 Å². The van der Waals surface area contributed by atoms with E-state index in [0.29, 0.717) is 24.7 Å². The average molecular weight is 584 g/mol. The monoisotopic (exact) mass is 583 g/mol. The van der Waals surface area contributed by atoms with E-state index in [1.807, 2.05) is 0 Å². The second kappa shape index (κ2) is 11.6. The van der Waals surface area contributed by atoms with Gasteiger partial charge in [-0.3, -0.25) is 19.3 Å². The minimum atomic E-state index is -0.830. The molecule has 3 N–H and O–H groups in total. The van der Waals surface area contributed by atoms with Crippen molar-refractivity contribution in [3.05, 3.63) is 22.3 Å². The summed E-state index contributed by atoms with van der Waals surface area (Å²) in [4.78, 5) is 49.0. The van der Waals surface area contributed by atoms with Crippen molar-refractivity contribution in [1.82, 2.24) is 15.2 Å². The highest BCUT2D eigenvalue weighted by Gasteiger charge is 2.54. The molecule has 0 spiro atoms. The molecule has 2 saturated heterocycles. The number of nitrogens with zero attached hydrogens (tertiary/aromatic N) is 3. The molecular formula is C23H29N5O7S3. The molecule has 0 aliphatic carbocycles. The number of hydrogen-bond acceptors (Lipinski definition) is 13. The number of fused-ring (bicyclic) bond motifs is 1. The molecule has 2 fully saturated rings. The zero-order valence-corrected chi connectivity index (χ0v) is 23.8. The van der Waals surface area contributed by atoms with Gasteiger partial charge in [0.1, 0.15) is 24.2 Å². The Hall–Kier alpha value is -2.75. The third-order valence-corrected chi connectivity index (χ3v) is 8.34. The molecule has 12 nitrogen and oxygen atoms in total. The van der Waals surface area contributed by atoms with E-state index in [1.165, 1.54) is 23.8 Å². The molecule has 1 aromatic heterocycles. The van der Waals surface area contributed by atoms with Crippen LogP contribution in [0.3, 0.4) is 0 Å². The number of rotatable bonds is 8. The summed E-state index contributed by atoms with van der Waals surface area (Å²) in [6.45, 7) is 5.95. The van der Waals surface area contributed by atoms with Crippen LogP contribution < -0.4 is 11.1 Å². The van der Waals surface area contributed by atoms with Crippen molar-refractivity contribution < 1.29 is 33.4 Å². The summed E-state index contributed by atoms with van der Waals surface area (Å²) in [5, 5.41) is 7.99. The van der Waals surface area contributed by atoms with E-state index in [9.17, 15) is 14.4 Å². The van der Waals surface area contributed by atoms with Crippen molar-refractivity contribution in [3.63, 3.8) is 0 Å². The average Bonchev–Trinajstić information content (AvgIpc) is 3.56. The molecule has 0 saturated carbocycles. The van der Waals surface area contributed by atoms with Crippen molar-refractivity contribution in [3.8, 4) is 0 Å². The fraction of sp³-hybridized carbons (Fsp3) is 0.565. The zero-order chi connectivity index (χ0) is 27.6. The number of thioether (sulfide) groups is 1. The summed E-state index contributed by atoms with van der Waals surface area (Å²) in [5.74, 6) is -0.765. The van der Waals surface area contributed by atoms with Crippen molar-refractivity contribution in [1.29, 1.82) is 0 Å². The molecule has 0 aromatic carbocycles. The molecule has 38 heavy (non-hydrogen) atoms. The Morgan fingerprint density at radius 1 is 1.37 bits per heavy atom. The van der Waals surface area contributed by atoms with Crippen molar-refractivity contribution in [2.45, 2.75) is 38.6 Å². The van der Waals surface area contributed by atoms with Gasteiger partial charge in [0.15, 0.2) is 10.8 Å². The molecular weight excluding hydrogens is 554 g/mol. The van der Waals surface area contributed by atoms with E-state index >= 15 is 0 Å². The van der Waals surface area contributed by atoms with Gasteiger partial charge < -0.3 is 30.1 Å². The minimum absolute atomic E-state index is 0.0524. The van der Waals surface area contributed by atoms with Crippen LogP contribution >= 0.6 is 35.3 Å². The molecule has 15 heteroatoms. The lowest BCUT2D eigenvalue weighted by molar-refractivity contribution is -0.160.